The zero-order valence-electron chi connectivity index (χ0n) is 15.5. The molecule has 4 aliphatic rings. The van der Waals surface area contributed by atoms with Crippen LogP contribution in [0.3, 0.4) is 0 Å². The number of carbonyl (C=O) groups excluding carboxylic acids is 2. The van der Waals surface area contributed by atoms with E-state index in [4.69, 9.17) is 0 Å². The molecule has 3 aliphatic carbocycles. The highest BCUT2D eigenvalue weighted by atomic mass is 16.2. The van der Waals surface area contributed by atoms with Crippen molar-refractivity contribution in [2.75, 3.05) is 13.1 Å². The fraction of sp³-hybridized carbons (Fsp3) is 0.905. The van der Waals surface area contributed by atoms with Crippen molar-refractivity contribution >= 4 is 11.8 Å². The quantitative estimate of drug-likeness (QED) is 0.847. The van der Waals surface area contributed by atoms with E-state index in [0.717, 1.165) is 57.0 Å². The molecule has 0 bridgehead atoms. The van der Waals surface area contributed by atoms with Crippen molar-refractivity contribution in [1.29, 1.82) is 0 Å². The predicted molar refractivity (Wildman–Crippen MR) is 97.9 cm³/mol. The van der Waals surface area contributed by atoms with E-state index < -0.39 is 0 Å². The highest BCUT2D eigenvalue weighted by molar-refractivity contribution is 5.79. The molecule has 1 aliphatic heterocycles. The van der Waals surface area contributed by atoms with Crippen LogP contribution in [0.15, 0.2) is 0 Å². The first-order valence-corrected chi connectivity index (χ1v) is 10.8. The van der Waals surface area contributed by atoms with Gasteiger partial charge in [-0.05, 0) is 69.1 Å². The summed E-state index contributed by atoms with van der Waals surface area (Å²) < 4.78 is 0. The van der Waals surface area contributed by atoms with Gasteiger partial charge < -0.3 is 10.2 Å². The maximum atomic E-state index is 12.8. The first kappa shape index (κ1) is 17.4. The van der Waals surface area contributed by atoms with E-state index in [2.05, 4.69) is 10.2 Å². The van der Waals surface area contributed by atoms with Crippen LogP contribution in [0.5, 0.6) is 0 Å². The van der Waals surface area contributed by atoms with Gasteiger partial charge in [-0.1, -0.05) is 19.3 Å². The molecule has 3 saturated carbocycles. The second-order valence-electron chi connectivity index (χ2n) is 9.16. The van der Waals surface area contributed by atoms with Crippen molar-refractivity contribution in [3.63, 3.8) is 0 Å². The highest BCUT2D eigenvalue weighted by Crippen LogP contribution is 2.39. The Bertz CT molecular complexity index is 480. The molecule has 4 rings (SSSR count). The second kappa shape index (κ2) is 7.67. The molecule has 25 heavy (non-hydrogen) atoms. The summed E-state index contributed by atoms with van der Waals surface area (Å²) in [6.45, 7) is 2.03. The molecule has 4 heteroatoms. The molecule has 4 nitrogen and oxygen atoms in total. The number of fused-ring (bicyclic) bond motifs is 1. The predicted octanol–water partition coefficient (Wildman–Crippen LogP) is 3.50. The molecule has 0 radical (unpaired) electrons. The lowest BCUT2D eigenvalue weighted by atomic mass is 9.85. The second-order valence-corrected chi connectivity index (χ2v) is 9.16. The minimum Gasteiger partial charge on any atom is -0.353 e. The van der Waals surface area contributed by atoms with Crippen molar-refractivity contribution in [2.24, 2.45) is 23.7 Å². The average Bonchev–Trinajstić information content (AvgIpc) is 3.31. The number of nitrogens with zero attached hydrogens (tertiary/aromatic N) is 1. The van der Waals surface area contributed by atoms with Crippen molar-refractivity contribution in [3.05, 3.63) is 0 Å². The zero-order valence-corrected chi connectivity index (χ0v) is 15.5. The number of hydrogen-bond acceptors (Lipinski definition) is 2. The number of likely N-dealkylation sites (tertiary alicyclic amines) is 1. The van der Waals surface area contributed by atoms with Gasteiger partial charge in [0, 0.05) is 31.5 Å². The Kier molecular flexibility index (Phi) is 5.33. The summed E-state index contributed by atoms with van der Waals surface area (Å²) in [5.74, 6) is 3.05. The molecule has 4 fully saturated rings. The molecule has 1 heterocycles. The lowest BCUT2D eigenvalue weighted by Gasteiger charge is -2.31. The average molecular weight is 347 g/mol. The van der Waals surface area contributed by atoms with Crippen LogP contribution in [0, 0.1) is 23.7 Å². The molecule has 2 amide bonds. The lowest BCUT2D eigenvalue weighted by molar-refractivity contribution is -0.136. The molecule has 1 N–H and O–H groups in total. The molecular weight excluding hydrogens is 312 g/mol. The summed E-state index contributed by atoms with van der Waals surface area (Å²) in [7, 11) is 0. The molecule has 0 aromatic rings. The van der Waals surface area contributed by atoms with Crippen molar-refractivity contribution in [2.45, 2.75) is 83.1 Å². The van der Waals surface area contributed by atoms with Crippen molar-refractivity contribution < 1.29 is 9.59 Å². The number of rotatable bonds is 4. The fourth-order valence-electron chi connectivity index (χ4n) is 5.92. The van der Waals surface area contributed by atoms with Crippen LogP contribution >= 0.6 is 0 Å². The molecule has 2 atom stereocenters. The SMILES string of the molecule is O=C(CC1CCCC1)NC1CCC(C(=O)N2C[C@@H]3CCC[C@H]3C2)CC1. The Morgan fingerprint density at radius 3 is 2.08 bits per heavy atom. The standard InChI is InChI=1S/C21H34N2O2/c24-20(12-15-4-1-2-5-15)22-19-10-8-16(9-11-19)21(25)23-13-17-6-3-7-18(17)14-23/h15-19H,1-14H2,(H,22,24)/t16?,17-,18-,19?/m0/s1. The Morgan fingerprint density at radius 2 is 1.44 bits per heavy atom. The smallest absolute Gasteiger partial charge is 0.225 e. The van der Waals surface area contributed by atoms with E-state index in [9.17, 15) is 9.59 Å². The minimum atomic E-state index is 0.210. The van der Waals surface area contributed by atoms with Crippen LogP contribution in [-0.2, 0) is 9.59 Å². The first-order chi connectivity index (χ1) is 12.2. The maximum Gasteiger partial charge on any atom is 0.225 e. The maximum absolute atomic E-state index is 12.8. The van der Waals surface area contributed by atoms with Crippen LogP contribution in [0.2, 0.25) is 0 Å². The zero-order chi connectivity index (χ0) is 17.2. The molecule has 0 aromatic carbocycles. The van der Waals surface area contributed by atoms with Crippen LogP contribution < -0.4 is 5.32 Å². The van der Waals surface area contributed by atoms with Gasteiger partial charge in [0.1, 0.15) is 0 Å². The molecular formula is C21H34N2O2. The number of hydrogen-bond donors (Lipinski definition) is 1. The van der Waals surface area contributed by atoms with Gasteiger partial charge in [-0.3, -0.25) is 9.59 Å². The van der Waals surface area contributed by atoms with Gasteiger partial charge in [-0.15, -0.1) is 0 Å². The van der Waals surface area contributed by atoms with Gasteiger partial charge >= 0.3 is 0 Å². The van der Waals surface area contributed by atoms with E-state index in [1.807, 2.05) is 0 Å². The molecule has 0 unspecified atom stereocenters. The summed E-state index contributed by atoms with van der Waals surface area (Å²) in [5.41, 5.74) is 0. The Balaban J connectivity index is 1.19. The van der Waals surface area contributed by atoms with Crippen LogP contribution in [0.4, 0.5) is 0 Å². The van der Waals surface area contributed by atoms with Crippen LogP contribution in [0.25, 0.3) is 0 Å². The summed E-state index contributed by atoms with van der Waals surface area (Å²) in [6, 6.07) is 0.302. The van der Waals surface area contributed by atoms with Crippen LogP contribution in [0.1, 0.15) is 77.0 Å². The molecule has 1 saturated heterocycles. The van der Waals surface area contributed by atoms with E-state index in [-0.39, 0.29) is 11.8 Å². The largest absolute Gasteiger partial charge is 0.353 e. The Labute approximate surface area is 152 Å². The normalized spacial score (nSPS) is 35.8. The van der Waals surface area contributed by atoms with E-state index in [0.29, 0.717) is 17.9 Å². The van der Waals surface area contributed by atoms with Crippen molar-refractivity contribution in [1.82, 2.24) is 10.2 Å². The first-order valence-electron chi connectivity index (χ1n) is 10.8. The highest BCUT2D eigenvalue weighted by Gasteiger charge is 2.40. The van der Waals surface area contributed by atoms with E-state index in [1.165, 1.54) is 44.9 Å². The number of carbonyl (C=O) groups is 2. The van der Waals surface area contributed by atoms with Gasteiger partial charge in [0.15, 0.2) is 0 Å². The number of amides is 2. The van der Waals surface area contributed by atoms with Gasteiger partial charge in [-0.25, -0.2) is 0 Å². The third-order valence-electron chi connectivity index (χ3n) is 7.43. The van der Waals surface area contributed by atoms with Gasteiger partial charge in [0.25, 0.3) is 0 Å². The molecule has 140 valence electrons. The van der Waals surface area contributed by atoms with Crippen LogP contribution in [-0.4, -0.2) is 35.8 Å². The molecule has 0 aromatic heterocycles. The lowest BCUT2D eigenvalue weighted by Crippen LogP contribution is -2.42. The van der Waals surface area contributed by atoms with Crippen molar-refractivity contribution in [3.8, 4) is 0 Å². The topological polar surface area (TPSA) is 49.4 Å². The monoisotopic (exact) mass is 346 g/mol. The van der Waals surface area contributed by atoms with Gasteiger partial charge in [-0.2, -0.15) is 0 Å². The van der Waals surface area contributed by atoms with Gasteiger partial charge in [0.2, 0.25) is 11.8 Å². The third kappa shape index (κ3) is 4.03. The fourth-order valence-corrected chi connectivity index (χ4v) is 5.92. The number of nitrogens with one attached hydrogen (secondary N) is 1. The summed E-state index contributed by atoms with van der Waals surface area (Å²) in [5, 5.41) is 3.24. The molecule has 0 spiro atoms. The third-order valence-corrected chi connectivity index (χ3v) is 7.43. The Hall–Kier alpha value is -1.06. The minimum absolute atomic E-state index is 0.210. The van der Waals surface area contributed by atoms with E-state index in [1.54, 1.807) is 0 Å². The summed E-state index contributed by atoms with van der Waals surface area (Å²) in [6.07, 6.45) is 13.7. The Morgan fingerprint density at radius 1 is 0.800 bits per heavy atom. The summed E-state index contributed by atoms with van der Waals surface area (Å²) in [4.78, 5) is 27.2. The van der Waals surface area contributed by atoms with Gasteiger partial charge in [0.05, 0.1) is 0 Å². The summed E-state index contributed by atoms with van der Waals surface area (Å²) >= 11 is 0. The van der Waals surface area contributed by atoms with E-state index >= 15 is 0 Å².